The lowest BCUT2D eigenvalue weighted by Crippen LogP contribution is -2.21. The third-order valence-corrected chi connectivity index (χ3v) is 5.55. The van der Waals surface area contributed by atoms with Gasteiger partial charge in [0, 0.05) is 17.5 Å². The van der Waals surface area contributed by atoms with Crippen molar-refractivity contribution in [3.8, 4) is 11.4 Å². The predicted octanol–water partition coefficient (Wildman–Crippen LogP) is 4.17. The number of likely N-dealkylation sites (tertiary alicyclic amines) is 1. The number of para-hydroxylation sites is 1. The molecule has 2 heterocycles. The Bertz CT molecular complexity index is 896. The number of hydrogen-bond acceptors (Lipinski definition) is 5. The predicted molar refractivity (Wildman–Crippen MR) is 108 cm³/mol. The summed E-state index contributed by atoms with van der Waals surface area (Å²) in [5.74, 6) is 1.91. The molecule has 0 spiro atoms. The summed E-state index contributed by atoms with van der Waals surface area (Å²) in [5.41, 5.74) is 1.07. The average Bonchev–Trinajstić information content (AvgIpc) is 3.36. The molecule has 0 saturated carbocycles. The smallest absolute Gasteiger partial charge is 0.195 e. The van der Waals surface area contributed by atoms with E-state index in [1.54, 1.807) is 23.9 Å². The maximum atomic E-state index is 13.2. The van der Waals surface area contributed by atoms with Gasteiger partial charge in [-0.3, -0.25) is 9.47 Å². The lowest BCUT2D eigenvalue weighted by Gasteiger charge is -2.16. The fourth-order valence-electron chi connectivity index (χ4n) is 3.32. The Labute approximate surface area is 168 Å². The number of hydrogen-bond donors (Lipinski definition) is 0. The highest BCUT2D eigenvalue weighted by atomic mass is 32.2. The first kappa shape index (κ1) is 19.0. The normalized spacial score (nSPS) is 14.5. The van der Waals surface area contributed by atoms with Crippen LogP contribution in [0.5, 0.6) is 5.75 Å². The molecule has 1 saturated heterocycles. The Balaban J connectivity index is 1.44. The van der Waals surface area contributed by atoms with Gasteiger partial charge in [0.05, 0.1) is 13.2 Å². The Morgan fingerprint density at radius 1 is 1.00 bits per heavy atom. The Morgan fingerprint density at radius 3 is 2.61 bits per heavy atom. The van der Waals surface area contributed by atoms with E-state index in [1.807, 2.05) is 18.2 Å². The van der Waals surface area contributed by atoms with E-state index in [0.29, 0.717) is 18.1 Å². The number of thioether (sulfide) groups is 1. The van der Waals surface area contributed by atoms with Crippen molar-refractivity contribution >= 4 is 11.8 Å². The zero-order chi connectivity index (χ0) is 19.2. The molecule has 146 valence electrons. The largest absolute Gasteiger partial charge is 0.493 e. The van der Waals surface area contributed by atoms with Crippen LogP contribution in [0.2, 0.25) is 0 Å². The molecule has 0 aliphatic carbocycles. The third-order valence-electron chi connectivity index (χ3n) is 4.66. The lowest BCUT2D eigenvalue weighted by atomic mass is 10.3. The molecule has 1 aliphatic heterocycles. The summed E-state index contributed by atoms with van der Waals surface area (Å²) in [6.45, 7) is 3.51. The average molecular weight is 399 g/mol. The topological polar surface area (TPSA) is 43.2 Å². The number of nitrogens with zero attached hydrogens (tertiary/aromatic N) is 4. The summed E-state index contributed by atoms with van der Waals surface area (Å²) < 4.78 is 21.0. The van der Waals surface area contributed by atoms with Crippen LogP contribution in [0.25, 0.3) is 5.69 Å². The second-order valence-electron chi connectivity index (χ2n) is 6.71. The molecule has 0 bridgehead atoms. The van der Waals surface area contributed by atoms with E-state index in [9.17, 15) is 4.39 Å². The standard InChI is InChI=1S/C21H23FN4OS/c22-17-7-6-10-19(15-17)27-13-14-28-21-24-23-20(16-25-11-4-5-12-25)26(21)18-8-2-1-3-9-18/h1-3,6-10,15H,4-5,11-14,16H2. The molecule has 2 aromatic carbocycles. The van der Waals surface area contributed by atoms with Gasteiger partial charge in [-0.25, -0.2) is 4.39 Å². The van der Waals surface area contributed by atoms with Crippen molar-refractivity contribution in [3.63, 3.8) is 0 Å². The molecule has 0 atom stereocenters. The molecular weight excluding hydrogens is 375 g/mol. The van der Waals surface area contributed by atoms with Gasteiger partial charge >= 0.3 is 0 Å². The zero-order valence-corrected chi connectivity index (χ0v) is 16.4. The van der Waals surface area contributed by atoms with Gasteiger partial charge in [0.1, 0.15) is 11.6 Å². The maximum absolute atomic E-state index is 13.2. The summed E-state index contributed by atoms with van der Waals surface area (Å²) in [5, 5.41) is 9.74. The van der Waals surface area contributed by atoms with Gasteiger partial charge in [-0.15, -0.1) is 10.2 Å². The van der Waals surface area contributed by atoms with Crippen molar-refractivity contribution in [1.29, 1.82) is 0 Å². The first-order valence-corrected chi connectivity index (χ1v) is 10.5. The second kappa shape index (κ2) is 9.21. The summed E-state index contributed by atoms with van der Waals surface area (Å²) >= 11 is 1.60. The molecule has 3 aromatic rings. The fraction of sp³-hybridized carbons (Fsp3) is 0.333. The number of rotatable bonds is 8. The molecule has 0 N–H and O–H groups in total. The van der Waals surface area contributed by atoms with Gasteiger partial charge in [-0.1, -0.05) is 36.0 Å². The van der Waals surface area contributed by atoms with Crippen molar-refractivity contribution in [2.45, 2.75) is 24.5 Å². The number of aromatic nitrogens is 3. The molecule has 1 aliphatic rings. The maximum Gasteiger partial charge on any atom is 0.195 e. The van der Waals surface area contributed by atoms with E-state index in [1.165, 1.54) is 25.0 Å². The fourth-order valence-corrected chi connectivity index (χ4v) is 4.11. The van der Waals surface area contributed by atoms with E-state index in [2.05, 4.69) is 31.8 Å². The van der Waals surface area contributed by atoms with Crippen LogP contribution in [0.4, 0.5) is 4.39 Å². The van der Waals surface area contributed by atoms with Crippen LogP contribution in [-0.4, -0.2) is 45.1 Å². The molecule has 7 heteroatoms. The molecule has 0 radical (unpaired) electrons. The highest BCUT2D eigenvalue weighted by molar-refractivity contribution is 7.99. The number of ether oxygens (including phenoxy) is 1. The summed E-state index contributed by atoms with van der Waals surface area (Å²) in [6, 6.07) is 16.4. The van der Waals surface area contributed by atoms with Gasteiger partial charge in [0.2, 0.25) is 0 Å². The monoisotopic (exact) mass is 398 g/mol. The van der Waals surface area contributed by atoms with Crippen molar-refractivity contribution in [1.82, 2.24) is 19.7 Å². The van der Waals surface area contributed by atoms with E-state index < -0.39 is 0 Å². The third kappa shape index (κ3) is 4.72. The Kier molecular flexibility index (Phi) is 6.24. The van der Waals surface area contributed by atoms with Crippen LogP contribution in [0.15, 0.2) is 59.8 Å². The van der Waals surface area contributed by atoms with Crippen molar-refractivity contribution in [2.75, 3.05) is 25.4 Å². The lowest BCUT2D eigenvalue weighted by molar-refractivity contribution is 0.319. The van der Waals surface area contributed by atoms with Crippen molar-refractivity contribution in [2.24, 2.45) is 0 Å². The van der Waals surface area contributed by atoms with E-state index in [-0.39, 0.29) is 5.82 Å². The molecule has 5 nitrogen and oxygen atoms in total. The molecule has 0 amide bonds. The number of benzene rings is 2. The van der Waals surface area contributed by atoms with Gasteiger partial charge in [0.25, 0.3) is 0 Å². The SMILES string of the molecule is Fc1cccc(OCCSc2nnc(CN3CCCC3)n2-c2ccccc2)c1. The molecule has 1 aromatic heterocycles. The minimum Gasteiger partial charge on any atom is -0.493 e. The van der Waals surface area contributed by atoms with E-state index in [0.717, 1.165) is 36.3 Å². The van der Waals surface area contributed by atoms with Gasteiger partial charge in [0.15, 0.2) is 11.0 Å². The second-order valence-corrected chi connectivity index (χ2v) is 7.77. The molecule has 4 rings (SSSR count). The zero-order valence-electron chi connectivity index (χ0n) is 15.6. The van der Waals surface area contributed by atoms with Crippen LogP contribution in [-0.2, 0) is 6.54 Å². The van der Waals surface area contributed by atoms with Crippen LogP contribution in [0.1, 0.15) is 18.7 Å². The minimum absolute atomic E-state index is 0.291. The minimum atomic E-state index is -0.291. The molecule has 28 heavy (non-hydrogen) atoms. The Hall–Kier alpha value is -2.38. The first-order chi connectivity index (χ1) is 13.8. The Morgan fingerprint density at radius 2 is 1.82 bits per heavy atom. The van der Waals surface area contributed by atoms with Gasteiger partial charge in [-0.2, -0.15) is 0 Å². The molecule has 1 fully saturated rings. The molecular formula is C21H23FN4OS. The van der Waals surface area contributed by atoms with Crippen LogP contribution in [0.3, 0.4) is 0 Å². The highest BCUT2D eigenvalue weighted by Crippen LogP contribution is 2.24. The van der Waals surface area contributed by atoms with Crippen LogP contribution < -0.4 is 4.74 Å². The van der Waals surface area contributed by atoms with Crippen molar-refractivity contribution in [3.05, 3.63) is 66.2 Å². The number of halogens is 1. The van der Waals surface area contributed by atoms with E-state index in [4.69, 9.17) is 4.74 Å². The summed E-state index contributed by atoms with van der Waals surface area (Å²) in [7, 11) is 0. The highest BCUT2D eigenvalue weighted by Gasteiger charge is 2.19. The molecule has 0 unspecified atom stereocenters. The van der Waals surface area contributed by atoms with Gasteiger partial charge < -0.3 is 4.74 Å². The summed E-state index contributed by atoms with van der Waals surface area (Å²) in [6.07, 6.45) is 2.50. The van der Waals surface area contributed by atoms with Crippen LogP contribution in [0, 0.1) is 5.82 Å². The van der Waals surface area contributed by atoms with Crippen LogP contribution >= 0.6 is 11.8 Å². The van der Waals surface area contributed by atoms with E-state index >= 15 is 0 Å². The van der Waals surface area contributed by atoms with Gasteiger partial charge in [-0.05, 0) is 50.2 Å². The first-order valence-electron chi connectivity index (χ1n) is 9.53. The van der Waals surface area contributed by atoms with Crippen molar-refractivity contribution < 1.29 is 9.13 Å². The summed E-state index contributed by atoms with van der Waals surface area (Å²) in [4.78, 5) is 2.42. The quantitative estimate of drug-likeness (QED) is 0.421.